The Labute approximate surface area is 83.9 Å². The Hall–Kier alpha value is -1.31. The second-order valence-electron chi connectivity index (χ2n) is 4.09. The lowest BCUT2D eigenvalue weighted by Crippen LogP contribution is -2.26. The number of hydrogen-bond acceptors (Lipinski definition) is 2. The predicted octanol–water partition coefficient (Wildman–Crippen LogP) is 2.32. The smallest absolute Gasteiger partial charge is 0.306 e. The number of benzene rings is 1. The number of rotatable bonds is 2. The van der Waals surface area contributed by atoms with Crippen molar-refractivity contribution < 1.29 is 9.53 Å². The van der Waals surface area contributed by atoms with Gasteiger partial charge in [0.05, 0.1) is 0 Å². The molecule has 1 atom stereocenters. The molecule has 1 fully saturated rings. The van der Waals surface area contributed by atoms with Gasteiger partial charge >= 0.3 is 5.97 Å². The van der Waals surface area contributed by atoms with Crippen molar-refractivity contribution in [3.8, 4) is 0 Å². The number of carbonyl (C=O) groups excluding carboxylic acids is 1. The molecule has 0 bridgehead atoms. The summed E-state index contributed by atoms with van der Waals surface area (Å²) >= 11 is 0. The van der Waals surface area contributed by atoms with E-state index in [2.05, 4.69) is 12.1 Å². The lowest BCUT2D eigenvalue weighted by molar-refractivity contribution is -0.147. The SMILES string of the molecule is CC1(Cc2ccccc2)CCC(=O)O1. The van der Waals surface area contributed by atoms with E-state index in [0.29, 0.717) is 6.42 Å². The number of carbonyl (C=O) groups is 1. The van der Waals surface area contributed by atoms with Crippen LogP contribution in [0.1, 0.15) is 25.3 Å². The number of cyclic esters (lactones) is 1. The molecule has 1 aromatic rings. The van der Waals surface area contributed by atoms with Crippen molar-refractivity contribution in [1.82, 2.24) is 0 Å². The van der Waals surface area contributed by atoms with Gasteiger partial charge in [-0.2, -0.15) is 0 Å². The van der Waals surface area contributed by atoms with Crippen LogP contribution in [-0.2, 0) is 16.0 Å². The third-order valence-corrected chi connectivity index (χ3v) is 2.64. The largest absolute Gasteiger partial charge is 0.459 e. The first kappa shape index (κ1) is 9.25. The Morgan fingerprint density at radius 2 is 2.07 bits per heavy atom. The molecule has 2 nitrogen and oxygen atoms in total. The zero-order valence-corrected chi connectivity index (χ0v) is 8.32. The topological polar surface area (TPSA) is 26.3 Å². The van der Waals surface area contributed by atoms with Gasteiger partial charge in [-0.25, -0.2) is 0 Å². The van der Waals surface area contributed by atoms with Gasteiger partial charge in [0.15, 0.2) is 0 Å². The molecule has 0 aliphatic carbocycles. The van der Waals surface area contributed by atoms with Crippen LogP contribution in [0, 0.1) is 0 Å². The summed E-state index contributed by atoms with van der Waals surface area (Å²) in [6, 6.07) is 10.1. The van der Waals surface area contributed by atoms with E-state index < -0.39 is 0 Å². The summed E-state index contributed by atoms with van der Waals surface area (Å²) in [6.45, 7) is 2.00. The Morgan fingerprint density at radius 1 is 1.36 bits per heavy atom. The van der Waals surface area contributed by atoms with E-state index in [0.717, 1.165) is 12.8 Å². The second kappa shape index (κ2) is 3.45. The molecule has 0 radical (unpaired) electrons. The van der Waals surface area contributed by atoms with Crippen LogP contribution in [0.5, 0.6) is 0 Å². The van der Waals surface area contributed by atoms with Crippen molar-refractivity contribution in [2.45, 2.75) is 31.8 Å². The van der Waals surface area contributed by atoms with Crippen LogP contribution < -0.4 is 0 Å². The first-order valence-corrected chi connectivity index (χ1v) is 4.94. The monoisotopic (exact) mass is 190 g/mol. The predicted molar refractivity (Wildman–Crippen MR) is 53.9 cm³/mol. The van der Waals surface area contributed by atoms with Crippen molar-refractivity contribution in [2.24, 2.45) is 0 Å². The van der Waals surface area contributed by atoms with E-state index in [4.69, 9.17) is 4.74 Å². The maximum Gasteiger partial charge on any atom is 0.306 e. The lowest BCUT2D eigenvalue weighted by atomic mass is 9.94. The molecule has 14 heavy (non-hydrogen) atoms. The Kier molecular flexibility index (Phi) is 2.28. The van der Waals surface area contributed by atoms with Gasteiger partial charge in [-0.05, 0) is 18.9 Å². The van der Waals surface area contributed by atoms with Crippen LogP contribution >= 0.6 is 0 Å². The third kappa shape index (κ3) is 1.95. The molecule has 74 valence electrons. The highest BCUT2D eigenvalue weighted by molar-refractivity contribution is 5.72. The number of ether oxygens (including phenoxy) is 1. The fourth-order valence-corrected chi connectivity index (χ4v) is 1.90. The Bertz CT molecular complexity index is 331. The van der Waals surface area contributed by atoms with Crippen molar-refractivity contribution in [3.63, 3.8) is 0 Å². The van der Waals surface area contributed by atoms with Crippen LogP contribution in [0.25, 0.3) is 0 Å². The fraction of sp³-hybridized carbons (Fsp3) is 0.417. The van der Waals surface area contributed by atoms with Crippen LogP contribution in [-0.4, -0.2) is 11.6 Å². The molecule has 0 saturated carbocycles. The second-order valence-corrected chi connectivity index (χ2v) is 4.09. The maximum absolute atomic E-state index is 11.0. The summed E-state index contributed by atoms with van der Waals surface area (Å²) < 4.78 is 5.31. The molecule has 1 aliphatic heterocycles. The summed E-state index contributed by atoms with van der Waals surface area (Å²) in [5.41, 5.74) is 0.947. The number of esters is 1. The van der Waals surface area contributed by atoms with E-state index in [1.165, 1.54) is 5.56 Å². The molecule has 2 rings (SSSR count). The molecule has 0 aromatic heterocycles. The molecule has 1 saturated heterocycles. The van der Waals surface area contributed by atoms with Crippen LogP contribution in [0.15, 0.2) is 30.3 Å². The van der Waals surface area contributed by atoms with E-state index >= 15 is 0 Å². The highest BCUT2D eigenvalue weighted by atomic mass is 16.6. The average molecular weight is 190 g/mol. The molecule has 0 amide bonds. The molecule has 1 unspecified atom stereocenters. The molecular weight excluding hydrogens is 176 g/mol. The summed E-state index contributed by atoms with van der Waals surface area (Å²) in [5.74, 6) is -0.0663. The first-order chi connectivity index (χ1) is 6.68. The van der Waals surface area contributed by atoms with Gasteiger partial charge in [0.2, 0.25) is 0 Å². The Balaban J connectivity index is 2.08. The van der Waals surface area contributed by atoms with E-state index in [9.17, 15) is 4.79 Å². The highest BCUT2D eigenvalue weighted by Crippen LogP contribution is 2.29. The van der Waals surface area contributed by atoms with E-state index in [1.54, 1.807) is 0 Å². The van der Waals surface area contributed by atoms with Crippen molar-refractivity contribution >= 4 is 5.97 Å². The normalized spacial score (nSPS) is 26.2. The van der Waals surface area contributed by atoms with E-state index in [1.807, 2.05) is 25.1 Å². The quantitative estimate of drug-likeness (QED) is 0.669. The molecule has 2 heteroatoms. The first-order valence-electron chi connectivity index (χ1n) is 4.94. The van der Waals surface area contributed by atoms with Gasteiger partial charge in [0.25, 0.3) is 0 Å². The standard InChI is InChI=1S/C12H14O2/c1-12(8-7-11(13)14-12)9-10-5-3-2-4-6-10/h2-6H,7-9H2,1H3. The highest BCUT2D eigenvalue weighted by Gasteiger charge is 2.35. The molecule has 0 spiro atoms. The minimum absolute atomic E-state index is 0.0663. The van der Waals surface area contributed by atoms with Gasteiger partial charge in [-0.3, -0.25) is 4.79 Å². The number of hydrogen-bond donors (Lipinski definition) is 0. The fourth-order valence-electron chi connectivity index (χ4n) is 1.90. The zero-order chi connectivity index (χ0) is 10.0. The summed E-state index contributed by atoms with van der Waals surface area (Å²) in [6.07, 6.45) is 2.21. The zero-order valence-electron chi connectivity index (χ0n) is 8.32. The molecular formula is C12H14O2. The van der Waals surface area contributed by atoms with Crippen LogP contribution in [0.4, 0.5) is 0 Å². The van der Waals surface area contributed by atoms with Crippen LogP contribution in [0.2, 0.25) is 0 Å². The Morgan fingerprint density at radius 3 is 2.64 bits per heavy atom. The molecule has 1 aromatic carbocycles. The average Bonchev–Trinajstić information content (AvgIpc) is 2.47. The summed E-state index contributed by atoms with van der Waals surface area (Å²) in [5, 5.41) is 0. The molecule has 0 N–H and O–H groups in total. The van der Waals surface area contributed by atoms with Crippen LogP contribution in [0.3, 0.4) is 0 Å². The van der Waals surface area contributed by atoms with Gasteiger partial charge < -0.3 is 4.74 Å². The maximum atomic E-state index is 11.0. The van der Waals surface area contributed by atoms with Gasteiger partial charge in [-0.1, -0.05) is 30.3 Å². The minimum Gasteiger partial charge on any atom is -0.459 e. The van der Waals surface area contributed by atoms with Gasteiger partial charge in [-0.15, -0.1) is 0 Å². The van der Waals surface area contributed by atoms with Crippen molar-refractivity contribution in [2.75, 3.05) is 0 Å². The van der Waals surface area contributed by atoms with Gasteiger partial charge in [0, 0.05) is 12.8 Å². The summed E-state index contributed by atoms with van der Waals surface area (Å²) in [4.78, 5) is 11.0. The molecule has 1 heterocycles. The third-order valence-electron chi connectivity index (χ3n) is 2.64. The summed E-state index contributed by atoms with van der Waals surface area (Å²) in [7, 11) is 0. The van der Waals surface area contributed by atoms with Crippen molar-refractivity contribution in [1.29, 1.82) is 0 Å². The van der Waals surface area contributed by atoms with Crippen molar-refractivity contribution in [3.05, 3.63) is 35.9 Å². The minimum atomic E-state index is -0.279. The van der Waals surface area contributed by atoms with E-state index in [-0.39, 0.29) is 11.6 Å². The van der Waals surface area contributed by atoms with Gasteiger partial charge in [0.1, 0.15) is 5.60 Å². The molecule has 1 aliphatic rings. The lowest BCUT2D eigenvalue weighted by Gasteiger charge is -2.22.